The summed E-state index contributed by atoms with van der Waals surface area (Å²) >= 11 is 6.89. The van der Waals surface area contributed by atoms with Crippen molar-refractivity contribution in [2.45, 2.75) is 29.9 Å². The molecule has 1 atom stereocenters. The first-order valence-corrected chi connectivity index (χ1v) is 9.99. The average Bonchev–Trinajstić information content (AvgIpc) is 3.11. The van der Waals surface area contributed by atoms with E-state index in [0.717, 1.165) is 28.4 Å². The van der Waals surface area contributed by atoms with Gasteiger partial charge in [0.1, 0.15) is 0 Å². The van der Waals surface area contributed by atoms with Crippen LogP contribution < -0.4 is 4.90 Å². The van der Waals surface area contributed by atoms with Crippen molar-refractivity contribution < 1.29 is 18.0 Å². The monoisotopic (exact) mass is 453 g/mol. The molecular formula is C19H15ClF3N5OS. The molecule has 30 heavy (non-hydrogen) atoms. The second kappa shape index (κ2) is 8.93. The highest BCUT2D eigenvalue weighted by Gasteiger charge is 2.33. The Kier molecular flexibility index (Phi) is 6.53. The molecular weight excluding hydrogens is 439 g/mol. The lowest BCUT2D eigenvalue weighted by atomic mass is 10.2. The number of halogens is 4. The minimum absolute atomic E-state index is 0.0659. The molecule has 6 nitrogen and oxygen atoms in total. The van der Waals surface area contributed by atoms with Crippen LogP contribution in [0.1, 0.15) is 18.9 Å². The number of nitriles is 1. The zero-order chi connectivity index (χ0) is 21.9. The van der Waals surface area contributed by atoms with Crippen molar-refractivity contribution in [2.75, 3.05) is 11.4 Å². The van der Waals surface area contributed by atoms with Crippen LogP contribution in [0, 0.1) is 11.3 Å². The summed E-state index contributed by atoms with van der Waals surface area (Å²) < 4.78 is 40.5. The van der Waals surface area contributed by atoms with Crippen molar-refractivity contribution in [2.24, 2.45) is 0 Å². The molecule has 11 heteroatoms. The van der Waals surface area contributed by atoms with Gasteiger partial charge in [-0.15, -0.1) is 10.2 Å². The molecule has 0 aliphatic heterocycles. The predicted octanol–water partition coefficient (Wildman–Crippen LogP) is 4.83. The van der Waals surface area contributed by atoms with Crippen molar-refractivity contribution in [3.05, 3.63) is 53.2 Å². The van der Waals surface area contributed by atoms with E-state index in [9.17, 15) is 18.0 Å². The molecule has 0 bridgehead atoms. The number of rotatable bonds is 6. The second-order valence-electron chi connectivity index (χ2n) is 6.24. The number of hydrogen-bond donors (Lipinski definition) is 0. The van der Waals surface area contributed by atoms with Gasteiger partial charge in [0.2, 0.25) is 5.91 Å². The largest absolute Gasteiger partial charge is 0.417 e. The first-order chi connectivity index (χ1) is 14.2. The Morgan fingerprint density at radius 2 is 2.03 bits per heavy atom. The minimum Gasteiger partial charge on any atom is -0.310 e. The van der Waals surface area contributed by atoms with Gasteiger partial charge in [-0.2, -0.15) is 18.4 Å². The van der Waals surface area contributed by atoms with Crippen LogP contribution in [0.3, 0.4) is 0 Å². The Morgan fingerprint density at radius 1 is 1.33 bits per heavy atom. The number of carbonyl (C=O) groups excluding carboxylic acids is 1. The molecule has 0 aliphatic rings. The van der Waals surface area contributed by atoms with Crippen LogP contribution in [-0.2, 0) is 11.0 Å². The highest BCUT2D eigenvalue weighted by atomic mass is 35.5. The van der Waals surface area contributed by atoms with E-state index in [1.54, 1.807) is 37.3 Å². The molecule has 0 spiro atoms. The Labute approximate surface area is 179 Å². The summed E-state index contributed by atoms with van der Waals surface area (Å²) in [6.07, 6.45) is -3.60. The fraction of sp³-hybridized carbons (Fsp3) is 0.263. The first-order valence-electron chi connectivity index (χ1n) is 8.74. The average molecular weight is 454 g/mol. The topological polar surface area (TPSA) is 74.3 Å². The van der Waals surface area contributed by atoms with Crippen LogP contribution in [0.4, 0.5) is 18.9 Å². The van der Waals surface area contributed by atoms with Crippen LogP contribution in [0.5, 0.6) is 0 Å². The Hall–Kier alpha value is -2.77. The third-order valence-corrected chi connectivity index (χ3v) is 5.49. The molecule has 3 aromatic rings. The van der Waals surface area contributed by atoms with E-state index >= 15 is 0 Å². The molecule has 0 radical (unpaired) electrons. The first kappa shape index (κ1) is 21.9. The molecule has 0 saturated carbocycles. The number of para-hydroxylation sites is 1. The lowest BCUT2D eigenvalue weighted by Crippen LogP contribution is -2.37. The maximum Gasteiger partial charge on any atom is 0.417 e. The summed E-state index contributed by atoms with van der Waals surface area (Å²) in [5.74, 6) is -0.309. The summed E-state index contributed by atoms with van der Waals surface area (Å²) in [7, 11) is 0. The van der Waals surface area contributed by atoms with E-state index < -0.39 is 17.0 Å². The zero-order valence-corrected chi connectivity index (χ0v) is 17.2. The number of benzene rings is 1. The van der Waals surface area contributed by atoms with Crippen molar-refractivity contribution in [1.29, 1.82) is 5.26 Å². The van der Waals surface area contributed by atoms with Crippen LogP contribution >= 0.6 is 23.4 Å². The third kappa shape index (κ3) is 4.68. The lowest BCUT2D eigenvalue weighted by Gasteiger charge is -2.24. The standard InChI is InChI=1S/C19H15ClF3N5OS/c1-12(17(29)27(9-5-8-24)14-6-3-2-4-7-14)30-18-26-25-16-15(20)10-13(11-28(16)18)19(21,22)23/h2-4,6-7,10-12H,5,9H2,1H3. The minimum atomic E-state index is -4.59. The van der Waals surface area contributed by atoms with E-state index in [-0.39, 0.29) is 34.7 Å². The van der Waals surface area contributed by atoms with Crippen LogP contribution in [0.2, 0.25) is 5.02 Å². The van der Waals surface area contributed by atoms with Crippen LogP contribution in [-0.4, -0.2) is 32.3 Å². The molecule has 0 aliphatic carbocycles. The summed E-state index contributed by atoms with van der Waals surface area (Å²) in [6.45, 7) is 1.81. The number of amides is 1. The number of alkyl halides is 3. The number of anilines is 1. The van der Waals surface area contributed by atoms with Gasteiger partial charge in [-0.05, 0) is 25.1 Å². The maximum absolute atomic E-state index is 13.1. The van der Waals surface area contributed by atoms with Gasteiger partial charge < -0.3 is 4.90 Å². The summed E-state index contributed by atoms with van der Waals surface area (Å²) in [6, 6.07) is 11.6. The molecule has 1 unspecified atom stereocenters. The fourth-order valence-electron chi connectivity index (χ4n) is 2.73. The molecule has 3 rings (SSSR count). The highest BCUT2D eigenvalue weighted by Crippen LogP contribution is 2.34. The van der Waals surface area contributed by atoms with E-state index in [4.69, 9.17) is 16.9 Å². The van der Waals surface area contributed by atoms with E-state index in [1.165, 1.54) is 4.90 Å². The summed E-state index contributed by atoms with van der Waals surface area (Å²) in [5, 5.41) is 15.8. The SMILES string of the molecule is CC(Sc1nnc2c(Cl)cc(C(F)(F)F)cn12)C(=O)N(CCC#N)c1ccccc1. The normalized spacial score (nSPS) is 12.5. The number of thioether (sulfide) groups is 1. The van der Waals surface area contributed by atoms with Gasteiger partial charge in [-0.25, -0.2) is 0 Å². The van der Waals surface area contributed by atoms with Gasteiger partial charge in [-0.1, -0.05) is 41.6 Å². The number of carbonyl (C=O) groups is 1. The van der Waals surface area contributed by atoms with Gasteiger partial charge >= 0.3 is 6.18 Å². The van der Waals surface area contributed by atoms with Crippen LogP contribution in [0.15, 0.2) is 47.8 Å². The van der Waals surface area contributed by atoms with Crippen molar-refractivity contribution in [3.8, 4) is 6.07 Å². The van der Waals surface area contributed by atoms with Gasteiger partial charge in [0, 0.05) is 18.4 Å². The van der Waals surface area contributed by atoms with Gasteiger partial charge in [0.15, 0.2) is 10.8 Å². The molecule has 2 heterocycles. The number of hydrogen-bond acceptors (Lipinski definition) is 5. The summed E-state index contributed by atoms with van der Waals surface area (Å²) in [5.41, 5.74) is -0.254. The van der Waals surface area contributed by atoms with Gasteiger partial charge in [0.05, 0.1) is 28.3 Å². The maximum atomic E-state index is 13.1. The molecule has 1 aromatic carbocycles. The van der Waals surface area contributed by atoms with Crippen molar-refractivity contribution in [1.82, 2.24) is 14.6 Å². The molecule has 0 N–H and O–H groups in total. The molecule has 1 amide bonds. The Bertz CT molecular complexity index is 1100. The molecule has 0 saturated heterocycles. The zero-order valence-electron chi connectivity index (χ0n) is 15.6. The Morgan fingerprint density at radius 3 is 2.67 bits per heavy atom. The van der Waals surface area contributed by atoms with Crippen LogP contribution in [0.25, 0.3) is 5.65 Å². The van der Waals surface area contributed by atoms with Gasteiger partial charge in [-0.3, -0.25) is 9.20 Å². The molecule has 2 aromatic heterocycles. The van der Waals surface area contributed by atoms with E-state index in [1.807, 2.05) is 6.07 Å². The number of pyridine rings is 1. The number of fused-ring (bicyclic) bond motifs is 1. The van der Waals surface area contributed by atoms with E-state index in [0.29, 0.717) is 5.69 Å². The smallest absolute Gasteiger partial charge is 0.310 e. The highest BCUT2D eigenvalue weighted by molar-refractivity contribution is 8.00. The lowest BCUT2D eigenvalue weighted by molar-refractivity contribution is -0.137. The van der Waals surface area contributed by atoms with Crippen molar-refractivity contribution >= 4 is 40.6 Å². The fourth-order valence-corrected chi connectivity index (χ4v) is 3.86. The number of aromatic nitrogens is 3. The van der Waals surface area contributed by atoms with Gasteiger partial charge in [0.25, 0.3) is 0 Å². The molecule has 156 valence electrons. The quantitative estimate of drug-likeness (QED) is 0.500. The van der Waals surface area contributed by atoms with Crippen molar-refractivity contribution in [3.63, 3.8) is 0 Å². The summed E-state index contributed by atoms with van der Waals surface area (Å²) in [4.78, 5) is 14.5. The Balaban J connectivity index is 1.89. The predicted molar refractivity (Wildman–Crippen MR) is 107 cm³/mol. The molecule has 0 fully saturated rings. The third-order valence-electron chi connectivity index (χ3n) is 4.17. The van der Waals surface area contributed by atoms with E-state index in [2.05, 4.69) is 10.2 Å². The second-order valence-corrected chi connectivity index (χ2v) is 7.96. The number of nitrogens with zero attached hydrogens (tertiary/aromatic N) is 5.